The second-order valence-corrected chi connectivity index (χ2v) is 6.86. The van der Waals surface area contributed by atoms with E-state index in [1.165, 1.54) is 6.42 Å². The molecule has 0 amide bonds. The first-order valence-corrected chi connectivity index (χ1v) is 7.75. The van der Waals surface area contributed by atoms with Crippen molar-refractivity contribution in [3.8, 4) is 0 Å². The Labute approximate surface area is 101 Å². The Morgan fingerprint density at radius 3 is 2.69 bits per heavy atom. The highest BCUT2D eigenvalue weighted by atomic mass is 28.2. The van der Waals surface area contributed by atoms with Crippen LogP contribution < -0.4 is 5.19 Å². The number of benzene rings is 1. The summed E-state index contributed by atoms with van der Waals surface area (Å²) >= 11 is 0. The maximum absolute atomic E-state index is 2.49. The first kappa shape index (κ1) is 11.4. The van der Waals surface area contributed by atoms with Gasteiger partial charge in [-0.05, 0) is 23.5 Å². The number of allylic oxidation sites excluding steroid dienone is 4. The van der Waals surface area contributed by atoms with E-state index in [9.17, 15) is 0 Å². The van der Waals surface area contributed by atoms with Crippen LogP contribution in [-0.4, -0.2) is 9.52 Å². The van der Waals surface area contributed by atoms with E-state index >= 15 is 0 Å². The van der Waals surface area contributed by atoms with Crippen molar-refractivity contribution < 1.29 is 0 Å². The van der Waals surface area contributed by atoms with Gasteiger partial charge in [-0.2, -0.15) is 0 Å². The van der Waals surface area contributed by atoms with Crippen molar-refractivity contribution in [2.75, 3.05) is 0 Å². The Bertz CT molecular complexity index is 389. The van der Waals surface area contributed by atoms with Crippen LogP contribution in [0.2, 0.25) is 5.54 Å². The molecule has 0 spiro atoms. The fraction of sp³-hybridized carbons (Fsp3) is 0.333. The summed E-state index contributed by atoms with van der Waals surface area (Å²) in [6.45, 7) is 4.59. The van der Waals surface area contributed by atoms with Gasteiger partial charge in [0, 0.05) is 0 Å². The zero-order chi connectivity index (χ0) is 11.4. The first-order valence-electron chi connectivity index (χ1n) is 6.23. The SMILES string of the molecule is CCC(C)C1=CC([SiH2]c2ccccc2)C=C1. The van der Waals surface area contributed by atoms with Crippen molar-refractivity contribution in [2.24, 2.45) is 5.92 Å². The van der Waals surface area contributed by atoms with Gasteiger partial charge in [-0.3, -0.25) is 0 Å². The summed E-state index contributed by atoms with van der Waals surface area (Å²) in [5.41, 5.74) is 2.29. The van der Waals surface area contributed by atoms with Crippen molar-refractivity contribution in [1.29, 1.82) is 0 Å². The Morgan fingerprint density at radius 2 is 2.00 bits per heavy atom. The molecule has 0 saturated heterocycles. The highest BCUT2D eigenvalue weighted by molar-refractivity contribution is 6.56. The number of hydrogen-bond donors (Lipinski definition) is 0. The van der Waals surface area contributed by atoms with Crippen molar-refractivity contribution in [3.63, 3.8) is 0 Å². The second kappa shape index (κ2) is 5.31. The Balaban J connectivity index is 2.00. The van der Waals surface area contributed by atoms with Crippen LogP contribution >= 0.6 is 0 Å². The molecule has 1 aromatic rings. The number of hydrogen-bond acceptors (Lipinski definition) is 0. The van der Waals surface area contributed by atoms with Gasteiger partial charge in [0.15, 0.2) is 0 Å². The van der Waals surface area contributed by atoms with Crippen LogP contribution in [0, 0.1) is 5.92 Å². The van der Waals surface area contributed by atoms with E-state index in [2.05, 4.69) is 62.4 Å². The first-order chi connectivity index (χ1) is 7.79. The van der Waals surface area contributed by atoms with Crippen LogP contribution in [0.15, 0.2) is 54.1 Å². The van der Waals surface area contributed by atoms with Gasteiger partial charge < -0.3 is 0 Å². The van der Waals surface area contributed by atoms with E-state index in [1.54, 1.807) is 10.8 Å². The lowest BCUT2D eigenvalue weighted by Gasteiger charge is -2.08. The van der Waals surface area contributed by atoms with Gasteiger partial charge in [-0.15, -0.1) is 0 Å². The molecule has 0 radical (unpaired) electrons. The molecule has 1 heteroatoms. The molecule has 0 heterocycles. The predicted octanol–water partition coefficient (Wildman–Crippen LogP) is 2.81. The molecule has 0 fully saturated rings. The van der Waals surface area contributed by atoms with Crippen LogP contribution in [0.1, 0.15) is 20.3 Å². The molecular formula is C15H20Si. The summed E-state index contributed by atoms with van der Waals surface area (Å²) in [7, 11) is -0.170. The molecular weight excluding hydrogens is 208 g/mol. The zero-order valence-electron chi connectivity index (χ0n) is 10.2. The topological polar surface area (TPSA) is 0 Å². The van der Waals surface area contributed by atoms with Crippen LogP contribution in [0.5, 0.6) is 0 Å². The van der Waals surface area contributed by atoms with Crippen LogP contribution in [0.3, 0.4) is 0 Å². The van der Waals surface area contributed by atoms with Gasteiger partial charge in [0.05, 0.1) is 9.52 Å². The second-order valence-electron chi connectivity index (χ2n) is 4.69. The summed E-state index contributed by atoms with van der Waals surface area (Å²) in [5, 5.41) is 1.57. The summed E-state index contributed by atoms with van der Waals surface area (Å²) < 4.78 is 0. The Kier molecular flexibility index (Phi) is 3.78. The zero-order valence-corrected chi connectivity index (χ0v) is 11.6. The van der Waals surface area contributed by atoms with Crippen molar-refractivity contribution in [3.05, 3.63) is 54.1 Å². The fourth-order valence-electron chi connectivity index (χ4n) is 2.17. The van der Waals surface area contributed by atoms with E-state index in [1.807, 2.05) is 0 Å². The van der Waals surface area contributed by atoms with Gasteiger partial charge in [0.1, 0.15) is 0 Å². The summed E-state index contributed by atoms with van der Waals surface area (Å²) in [6, 6.07) is 11.0. The minimum Gasteiger partial charge on any atom is -0.0803 e. The van der Waals surface area contributed by atoms with Crippen molar-refractivity contribution in [1.82, 2.24) is 0 Å². The lowest BCUT2D eigenvalue weighted by Crippen LogP contribution is -2.16. The minimum atomic E-state index is -0.170. The molecule has 1 aliphatic carbocycles. The standard InChI is InChI=1S/C15H20Si/c1-3-12(2)13-9-10-15(11-13)16-14-7-5-4-6-8-14/h4-12,15H,3,16H2,1-2H3. The fourth-order valence-corrected chi connectivity index (χ4v) is 3.92. The van der Waals surface area contributed by atoms with Crippen LogP contribution in [0.4, 0.5) is 0 Å². The van der Waals surface area contributed by atoms with Gasteiger partial charge in [-0.25, -0.2) is 0 Å². The van der Waals surface area contributed by atoms with Crippen molar-refractivity contribution in [2.45, 2.75) is 25.8 Å². The smallest absolute Gasteiger partial charge is 0.0663 e. The third-order valence-corrected chi connectivity index (χ3v) is 5.36. The molecule has 1 aromatic carbocycles. The minimum absolute atomic E-state index is 0.170. The van der Waals surface area contributed by atoms with E-state index in [0.717, 1.165) is 11.5 Å². The lowest BCUT2D eigenvalue weighted by atomic mass is 10.0. The molecule has 0 bridgehead atoms. The molecule has 0 aliphatic heterocycles. The molecule has 2 atom stereocenters. The van der Waals surface area contributed by atoms with Gasteiger partial charge >= 0.3 is 0 Å². The maximum atomic E-state index is 2.49. The summed E-state index contributed by atoms with van der Waals surface area (Å²) in [5.74, 6) is 0.728. The third kappa shape index (κ3) is 2.73. The lowest BCUT2D eigenvalue weighted by molar-refractivity contribution is 0.671. The molecule has 1 aliphatic rings. The van der Waals surface area contributed by atoms with E-state index in [4.69, 9.17) is 0 Å². The van der Waals surface area contributed by atoms with Gasteiger partial charge in [-0.1, -0.05) is 67.6 Å². The third-order valence-electron chi connectivity index (χ3n) is 3.44. The monoisotopic (exact) mass is 228 g/mol. The largest absolute Gasteiger partial charge is 0.0803 e. The molecule has 2 rings (SSSR count). The molecule has 2 unspecified atom stereocenters. The normalized spacial score (nSPS) is 21.6. The highest BCUT2D eigenvalue weighted by Crippen LogP contribution is 2.26. The average molecular weight is 228 g/mol. The molecule has 0 nitrogen and oxygen atoms in total. The summed E-state index contributed by atoms with van der Waals surface area (Å²) in [6.07, 6.45) is 8.48. The maximum Gasteiger partial charge on any atom is 0.0663 e. The van der Waals surface area contributed by atoms with Gasteiger partial charge in [0.25, 0.3) is 0 Å². The highest BCUT2D eigenvalue weighted by Gasteiger charge is 2.13. The van der Waals surface area contributed by atoms with E-state index < -0.39 is 0 Å². The average Bonchev–Trinajstić information content (AvgIpc) is 2.78. The van der Waals surface area contributed by atoms with E-state index in [-0.39, 0.29) is 9.52 Å². The Morgan fingerprint density at radius 1 is 1.25 bits per heavy atom. The molecule has 84 valence electrons. The van der Waals surface area contributed by atoms with E-state index in [0.29, 0.717) is 0 Å². The quantitative estimate of drug-likeness (QED) is 0.695. The van der Waals surface area contributed by atoms with Crippen LogP contribution in [0.25, 0.3) is 0 Å². The van der Waals surface area contributed by atoms with Crippen molar-refractivity contribution >= 4 is 14.7 Å². The molecule has 0 saturated carbocycles. The molecule has 0 N–H and O–H groups in total. The molecule has 16 heavy (non-hydrogen) atoms. The summed E-state index contributed by atoms with van der Waals surface area (Å²) in [4.78, 5) is 0. The Hall–Kier alpha value is -1.08. The predicted molar refractivity (Wildman–Crippen MR) is 75.0 cm³/mol. The molecule has 0 aromatic heterocycles. The van der Waals surface area contributed by atoms with Crippen LogP contribution in [-0.2, 0) is 0 Å². The van der Waals surface area contributed by atoms with Gasteiger partial charge in [0.2, 0.25) is 0 Å². The number of rotatable bonds is 4.